The fourth-order valence-corrected chi connectivity index (χ4v) is 4.55. The fraction of sp³-hybridized carbons (Fsp3) is 0.278. The molecule has 0 unspecified atom stereocenters. The number of sulfone groups is 1. The van der Waals surface area contributed by atoms with E-state index in [1.165, 1.54) is 18.2 Å². The van der Waals surface area contributed by atoms with Gasteiger partial charge < -0.3 is 4.79 Å². The molecule has 7 heteroatoms. The Hall–Kier alpha value is -2.54. The highest BCUT2D eigenvalue weighted by Gasteiger charge is 2.29. The summed E-state index contributed by atoms with van der Waals surface area (Å²) in [4.78, 5) is 21.6. The minimum Gasteiger partial charge on any atom is -0.303 e. The smallest absolute Gasteiger partial charge is 0.269 e. The van der Waals surface area contributed by atoms with Crippen molar-refractivity contribution >= 4 is 21.8 Å². The van der Waals surface area contributed by atoms with Crippen molar-refractivity contribution in [2.24, 2.45) is 5.41 Å². The SMILES string of the molecule is CC(C)(C=O)CS(=O)(=O)c1ccc([N+](=O)[O-])cc1Cc1ccccc1. The lowest BCUT2D eigenvalue weighted by molar-refractivity contribution is -0.385. The van der Waals surface area contributed by atoms with Crippen LogP contribution in [0, 0.1) is 15.5 Å². The van der Waals surface area contributed by atoms with Gasteiger partial charge in [0.25, 0.3) is 5.69 Å². The van der Waals surface area contributed by atoms with Gasteiger partial charge >= 0.3 is 0 Å². The summed E-state index contributed by atoms with van der Waals surface area (Å²) in [6.07, 6.45) is 0.853. The fourth-order valence-electron chi connectivity index (χ4n) is 2.54. The van der Waals surface area contributed by atoms with Crippen molar-refractivity contribution in [1.29, 1.82) is 0 Å². The first-order valence-corrected chi connectivity index (χ1v) is 9.30. The molecule has 0 radical (unpaired) electrons. The van der Waals surface area contributed by atoms with Crippen molar-refractivity contribution in [2.75, 3.05) is 5.75 Å². The van der Waals surface area contributed by atoms with Gasteiger partial charge in [0.05, 0.1) is 15.6 Å². The highest BCUT2D eigenvalue weighted by atomic mass is 32.2. The van der Waals surface area contributed by atoms with E-state index in [9.17, 15) is 23.3 Å². The summed E-state index contributed by atoms with van der Waals surface area (Å²) in [7, 11) is -3.78. The number of carbonyl (C=O) groups excluding carboxylic acids is 1. The molecule has 2 rings (SSSR count). The number of hydrogen-bond acceptors (Lipinski definition) is 5. The molecule has 6 nitrogen and oxygen atoms in total. The number of carbonyl (C=O) groups is 1. The second-order valence-electron chi connectivity index (χ2n) is 6.58. The zero-order valence-corrected chi connectivity index (χ0v) is 14.8. The highest BCUT2D eigenvalue weighted by Crippen LogP contribution is 2.28. The molecule has 0 aliphatic carbocycles. The van der Waals surface area contributed by atoms with Crippen LogP contribution in [-0.2, 0) is 21.1 Å². The molecule has 0 saturated heterocycles. The van der Waals surface area contributed by atoms with Crippen LogP contribution >= 0.6 is 0 Å². The third-order valence-corrected chi connectivity index (χ3v) is 5.90. The Morgan fingerprint density at radius 1 is 1.12 bits per heavy atom. The minimum absolute atomic E-state index is 0.0249. The van der Waals surface area contributed by atoms with E-state index in [0.29, 0.717) is 11.8 Å². The molecule has 0 saturated carbocycles. The predicted octanol–water partition coefficient (Wildman–Crippen LogP) is 3.18. The largest absolute Gasteiger partial charge is 0.303 e. The summed E-state index contributed by atoms with van der Waals surface area (Å²) >= 11 is 0. The monoisotopic (exact) mass is 361 g/mol. The first kappa shape index (κ1) is 18.8. The molecule has 0 aromatic heterocycles. The van der Waals surface area contributed by atoms with Gasteiger partial charge in [-0.05, 0) is 23.6 Å². The van der Waals surface area contributed by atoms with Gasteiger partial charge in [0.1, 0.15) is 6.29 Å². The minimum atomic E-state index is -3.78. The first-order chi connectivity index (χ1) is 11.6. The number of benzene rings is 2. The summed E-state index contributed by atoms with van der Waals surface area (Å²) in [5.74, 6) is -0.358. The zero-order valence-electron chi connectivity index (χ0n) is 14.0. The molecule has 0 N–H and O–H groups in total. The molecular formula is C18H19NO5S. The van der Waals surface area contributed by atoms with Crippen LogP contribution in [0.25, 0.3) is 0 Å². The molecular weight excluding hydrogens is 342 g/mol. The maximum atomic E-state index is 12.8. The van der Waals surface area contributed by atoms with Gasteiger partial charge in [-0.2, -0.15) is 0 Å². The van der Waals surface area contributed by atoms with Crippen LogP contribution in [0.3, 0.4) is 0 Å². The van der Waals surface area contributed by atoms with Crippen LogP contribution in [0.4, 0.5) is 5.69 Å². The lowest BCUT2D eigenvalue weighted by Crippen LogP contribution is -2.26. The van der Waals surface area contributed by atoms with Crippen molar-refractivity contribution in [3.63, 3.8) is 0 Å². The van der Waals surface area contributed by atoms with Crippen molar-refractivity contribution in [2.45, 2.75) is 25.2 Å². The van der Waals surface area contributed by atoms with Gasteiger partial charge in [-0.3, -0.25) is 10.1 Å². The average Bonchev–Trinajstić information content (AvgIpc) is 2.54. The molecule has 2 aromatic rings. The van der Waals surface area contributed by atoms with E-state index < -0.39 is 20.2 Å². The van der Waals surface area contributed by atoms with Gasteiger partial charge in [-0.25, -0.2) is 8.42 Å². The molecule has 0 bridgehead atoms. The Kier molecular flexibility index (Phi) is 5.37. The Balaban J connectivity index is 2.53. The third-order valence-electron chi connectivity index (χ3n) is 3.71. The molecule has 132 valence electrons. The van der Waals surface area contributed by atoms with E-state index in [1.807, 2.05) is 30.3 Å². The molecule has 0 aliphatic heterocycles. The van der Waals surface area contributed by atoms with Gasteiger partial charge in [0.2, 0.25) is 0 Å². The molecule has 0 atom stereocenters. The highest BCUT2D eigenvalue weighted by molar-refractivity contribution is 7.91. The van der Waals surface area contributed by atoms with E-state index in [4.69, 9.17) is 0 Å². The topological polar surface area (TPSA) is 94.3 Å². The molecule has 0 fully saturated rings. The van der Waals surface area contributed by atoms with E-state index in [2.05, 4.69) is 0 Å². The van der Waals surface area contributed by atoms with Crippen molar-refractivity contribution in [3.8, 4) is 0 Å². The third kappa shape index (κ3) is 4.73. The van der Waals surface area contributed by atoms with Crippen molar-refractivity contribution < 1.29 is 18.1 Å². The maximum Gasteiger partial charge on any atom is 0.269 e. The normalized spacial score (nSPS) is 11.9. The predicted molar refractivity (Wildman–Crippen MR) is 94.2 cm³/mol. The Bertz CT molecular complexity index is 889. The lowest BCUT2D eigenvalue weighted by Gasteiger charge is -2.18. The van der Waals surface area contributed by atoms with Gasteiger partial charge in [0, 0.05) is 17.5 Å². The number of non-ortho nitro benzene ring substituents is 1. The van der Waals surface area contributed by atoms with Gasteiger partial charge in [-0.15, -0.1) is 0 Å². The summed E-state index contributed by atoms with van der Waals surface area (Å²) in [6.45, 7) is 3.08. The van der Waals surface area contributed by atoms with Crippen LogP contribution in [0.5, 0.6) is 0 Å². The standard InChI is InChI=1S/C18H19NO5S/c1-18(2,12-20)13-25(23,24)17-9-8-16(19(21)22)11-15(17)10-14-6-4-3-5-7-14/h3-9,11-12H,10,13H2,1-2H3. The molecule has 0 spiro atoms. The van der Waals surface area contributed by atoms with Gasteiger partial charge in [0.15, 0.2) is 9.84 Å². The van der Waals surface area contributed by atoms with Crippen LogP contribution in [0.15, 0.2) is 53.4 Å². The number of rotatable bonds is 7. The molecule has 0 aliphatic rings. The van der Waals surface area contributed by atoms with Crippen LogP contribution in [-0.4, -0.2) is 25.4 Å². The van der Waals surface area contributed by atoms with Crippen molar-refractivity contribution in [1.82, 2.24) is 0 Å². The van der Waals surface area contributed by atoms with Crippen LogP contribution < -0.4 is 0 Å². The lowest BCUT2D eigenvalue weighted by atomic mass is 10.00. The quantitative estimate of drug-likeness (QED) is 0.429. The Morgan fingerprint density at radius 3 is 2.32 bits per heavy atom. The molecule has 0 amide bonds. The van der Waals surface area contributed by atoms with E-state index in [-0.39, 0.29) is 22.8 Å². The Morgan fingerprint density at radius 2 is 1.76 bits per heavy atom. The summed E-state index contributed by atoms with van der Waals surface area (Å²) < 4.78 is 25.5. The van der Waals surface area contributed by atoms with Crippen molar-refractivity contribution in [3.05, 3.63) is 69.8 Å². The molecule has 0 heterocycles. The molecule has 25 heavy (non-hydrogen) atoms. The first-order valence-electron chi connectivity index (χ1n) is 7.65. The molecule has 2 aromatic carbocycles. The van der Waals surface area contributed by atoms with Crippen LogP contribution in [0.1, 0.15) is 25.0 Å². The zero-order chi connectivity index (χ0) is 18.7. The van der Waals surface area contributed by atoms with E-state index in [0.717, 1.165) is 5.56 Å². The number of nitro benzene ring substituents is 1. The number of nitro groups is 1. The van der Waals surface area contributed by atoms with E-state index in [1.54, 1.807) is 13.8 Å². The summed E-state index contributed by atoms with van der Waals surface area (Å²) in [5, 5.41) is 11.1. The van der Waals surface area contributed by atoms with E-state index >= 15 is 0 Å². The summed E-state index contributed by atoms with van der Waals surface area (Å²) in [5.41, 5.74) is -0.0133. The maximum absolute atomic E-state index is 12.8. The number of hydrogen-bond donors (Lipinski definition) is 0. The second-order valence-corrected chi connectivity index (χ2v) is 8.54. The number of nitrogens with zero attached hydrogens (tertiary/aromatic N) is 1. The van der Waals surface area contributed by atoms with Gasteiger partial charge in [-0.1, -0.05) is 44.2 Å². The number of aldehydes is 1. The summed E-state index contributed by atoms with van der Waals surface area (Å²) in [6, 6.07) is 12.8. The Labute approximate surface area is 146 Å². The average molecular weight is 361 g/mol. The second kappa shape index (κ2) is 7.14. The van der Waals surface area contributed by atoms with Crippen LogP contribution in [0.2, 0.25) is 0 Å².